The summed E-state index contributed by atoms with van der Waals surface area (Å²) < 4.78 is 0. The molecule has 1 aliphatic rings. The molecule has 0 aromatic carbocycles. The molecule has 0 aliphatic carbocycles. The van der Waals surface area contributed by atoms with Crippen molar-refractivity contribution < 1.29 is 9.90 Å². The third-order valence-corrected chi connectivity index (χ3v) is 2.96. The monoisotopic (exact) mass is 194 g/mol. The van der Waals surface area contributed by atoms with Gasteiger partial charge in [0, 0.05) is 0 Å². The summed E-state index contributed by atoms with van der Waals surface area (Å²) >= 11 is 1.21. The Labute approximate surface area is 78.6 Å². The highest BCUT2D eigenvalue weighted by Gasteiger charge is 2.35. The summed E-state index contributed by atoms with van der Waals surface area (Å²) in [5, 5.41) is 18.1. The molecule has 0 amide bonds. The molecule has 0 saturated carbocycles. The quantitative estimate of drug-likeness (QED) is 0.717. The van der Waals surface area contributed by atoms with Gasteiger partial charge in [-0.1, -0.05) is 0 Å². The van der Waals surface area contributed by atoms with Crippen LogP contribution in [0.25, 0.3) is 0 Å². The van der Waals surface area contributed by atoms with Gasteiger partial charge in [0.2, 0.25) is 0 Å². The molecule has 1 atom stereocenters. The number of aromatic carboxylic acids is 1. The number of carboxylic acids is 1. The van der Waals surface area contributed by atoms with Crippen LogP contribution < -0.4 is 4.90 Å². The van der Waals surface area contributed by atoms with Crippen molar-refractivity contribution in [1.29, 1.82) is 5.26 Å². The molecule has 1 unspecified atom stereocenters. The molecule has 2 heterocycles. The predicted octanol–water partition coefficient (Wildman–Crippen LogP) is 1.16. The second kappa shape index (κ2) is 2.75. The van der Waals surface area contributed by atoms with Crippen LogP contribution in [-0.2, 0) is 0 Å². The van der Waals surface area contributed by atoms with Crippen molar-refractivity contribution in [3.8, 4) is 6.07 Å². The van der Waals surface area contributed by atoms with E-state index in [2.05, 4.69) is 6.07 Å². The van der Waals surface area contributed by atoms with Crippen LogP contribution in [-0.4, -0.2) is 23.7 Å². The van der Waals surface area contributed by atoms with Gasteiger partial charge in [-0.05, 0) is 12.1 Å². The Kier molecular flexibility index (Phi) is 1.71. The lowest BCUT2D eigenvalue weighted by molar-refractivity contribution is 0.0702. The Bertz CT molecular complexity index is 393. The highest BCUT2D eigenvalue weighted by atomic mass is 32.1. The van der Waals surface area contributed by atoms with Crippen LogP contribution >= 0.6 is 11.3 Å². The van der Waals surface area contributed by atoms with E-state index in [0.717, 1.165) is 11.5 Å². The fourth-order valence-electron chi connectivity index (χ4n) is 1.09. The Morgan fingerprint density at radius 2 is 2.54 bits per heavy atom. The minimum Gasteiger partial charge on any atom is -0.477 e. The van der Waals surface area contributed by atoms with Crippen molar-refractivity contribution in [1.82, 2.24) is 0 Å². The number of carboxylic acid groups (broad SMARTS) is 1. The average molecular weight is 194 g/mol. The summed E-state index contributed by atoms with van der Waals surface area (Å²) in [5.74, 6) is -0.911. The van der Waals surface area contributed by atoms with Crippen molar-refractivity contribution in [2.45, 2.75) is 6.04 Å². The van der Waals surface area contributed by atoms with E-state index in [1.807, 2.05) is 4.90 Å². The summed E-state index contributed by atoms with van der Waals surface area (Å²) in [6, 6.07) is 5.36. The first-order chi connectivity index (χ1) is 6.22. The predicted molar refractivity (Wildman–Crippen MR) is 48.0 cm³/mol. The highest BCUT2D eigenvalue weighted by Crippen LogP contribution is 2.33. The number of anilines is 1. The van der Waals surface area contributed by atoms with Crippen LogP contribution in [0.4, 0.5) is 5.00 Å². The van der Waals surface area contributed by atoms with Crippen molar-refractivity contribution in [3.05, 3.63) is 17.0 Å². The number of thiophene rings is 1. The molecular weight excluding hydrogens is 188 g/mol. The second-order valence-corrected chi connectivity index (χ2v) is 3.80. The molecular formula is C8H6N2O2S. The SMILES string of the molecule is N#CC1CN1c1ccc(C(=O)O)s1. The van der Waals surface area contributed by atoms with Gasteiger partial charge in [-0.2, -0.15) is 5.26 Å². The third-order valence-electron chi connectivity index (χ3n) is 1.85. The summed E-state index contributed by atoms with van der Waals surface area (Å²) in [5.41, 5.74) is 0. The van der Waals surface area contributed by atoms with E-state index >= 15 is 0 Å². The molecule has 1 fully saturated rings. The van der Waals surface area contributed by atoms with E-state index in [9.17, 15) is 4.79 Å². The Morgan fingerprint density at radius 3 is 3.00 bits per heavy atom. The van der Waals surface area contributed by atoms with Crippen molar-refractivity contribution in [3.63, 3.8) is 0 Å². The van der Waals surface area contributed by atoms with E-state index in [1.165, 1.54) is 11.3 Å². The molecule has 66 valence electrons. The number of hydrogen-bond donors (Lipinski definition) is 1. The summed E-state index contributed by atoms with van der Waals surface area (Å²) in [6.45, 7) is 0.718. The molecule has 4 nitrogen and oxygen atoms in total. The smallest absolute Gasteiger partial charge is 0.345 e. The third kappa shape index (κ3) is 1.36. The molecule has 0 spiro atoms. The van der Waals surface area contributed by atoms with Crippen LogP contribution in [0.1, 0.15) is 9.67 Å². The number of carbonyl (C=O) groups is 1. The number of hydrogen-bond acceptors (Lipinski definition) is 4. The summed E-state index contributed by atoms with van der Waals surface area (Å²) in [4.78, 5) is 12.7. The molecule has 0 bridgehead atoms. The zero-order valence-electron chi connectivity index (χ0n) is 6.60. The minimum absolute atomic E-state index is 0.0553. The topological polar surface area (TPSA) is 64.1 Å². The van der Waals surface area contributed by atoms with E-state index in [-0.39, 0.29) is 6.04 Å². The van der Waals surface area contributed by atoms with Crippen LogP contribution in [0.3, 0.4) is 0 Å². The summed E-state index contributed by atoms with van der Waals surface area (Å²) in [7, 11) is 0. The first kappa shape index (κ1) is 8.08. The van der Waals surface area contributed by atoms with E-state index in [0.29, 0.717) is 4.88 Å². The standard InChI is InChI=1S/C8H6N2O2S/c9-3-5-4-10(5)7-2-1-6(13-7)8(11)12/h1-2,5H,4H2,(H,11,12). The van der Waals surface area contributed by atoms with E-state index < -0.39 is 5.97 Å². The van der Waals surface area contributed by atoms with Crippen LogP contribution in [0.2, 0.25) is 0 Å². The van der Waals surface area contributed by atoms with Crippen molar-refractivity contribution in [2.24, 2.45) is 0 Å². The molecule has 1 N–H and O–H groups in total. The van der Waals surface area contributed by atoms with Gasteiger partial charge in [-0.25, -0.2) is 4.79 Å². The molecule has 1 aliphatic heterocycles. The molecule has 5 heteroatoms. The van der Waals surface area contributed by atoms with Gasteiger partial charge < -0.3 is 10.0 Å². The Balaban J connectivity index is 2.16. The second-order valence-electron chi connectivity index (χ2n) is 2.74. The molecule has 1 saturated heterocycles. The minimum atomic E-state index is -0.911. The van der Waals surface area contributed by atoms with Gasteiger partial charge in [-0.3, -0.25) is 0 Å². The molecule has 13 heavy (non-hydrogen) atoms. The number of nitriles is 1. The maximum atomic E-state index is 10.5. The Hall–Kier alpha value is -1.54. The van der Waals surface area contributed by atoms with Gasteiger partial charge >= 0.3 is 5.97 Å². The van der Waals surface area contributed by atoms with Gasteiger partial charge in [0.25, 0.3) is 0 Å². The van der Waals surface area contributed by atoms with Crippen LogP contribution in [0, 0.1) is 11.3 Å². The molecule has 0 radical (unpaired) electrons. The first-order valence-electron chi connectivity index (χ1n) is 3.72. The molecule has 2 rings (SSSR count). The maximum Gasteiger partial charge on any atom is 0.345 e. The van der Waals surface area contributed by atoms with Gasteiger partial charge in [0.1, 0.15) is 10.9 Å². The fraction of sp³-hybridized carbons (Fsp3) is 0.250. The van der Waals surface area contributed by atoms with E-state index in [4.69, 9.17) is 10.4 Å². The lowest BCUT2D eigenvalue weighted by atomic mass is 10.5. The van der Waals surface area contributed by atoms with Gasteiger partial charge in [0.05, 0.1) is 17.6 Å². The molecule has 1 aromatic heterocycles. The lowest BCUT2D eigenvalue weighted by Gasteiger charge is -1.94. The van der Waals surface area contributed by atoms with Gasteiger partial charge in [0.15, 0.2) is 0 Å². The largest absolute Gasteiger partial charge is 0.477 e. The van der Waals surface area contributed by atoms with Crippen molar-refractivity contribution >= 4 is 22.3 Å². The van der Waals surface area contributed by atoms with E-state index in [1.54, 1.807) is 12.1 Å². The number of nitrogens with zero attached hydrogens (tertiary/aromatic N) is 2. The zero-order chi connectivity index (χ0) is 9.42. The number of rotatable bonds is 2. The average Bonchev–Trinajstić information content (AvgIpc) is 2.73. The fourth-order valence-corrected chi connectivity index (χ4v) is 1.99. The van der Waals surface area contributed by atoms with Gasteiger partial charge in [-0.15, -0.1) is 11.3 Å². The molecule has 1 aromatic rings. The summed E-state index contributed by atoms with van der Waals surface area (Å²) in [6.07, 6.45) is 0. The highest BCUT2D eigenvalue weighted by molar-refractivity contribution is 7.17. The van der Waals surface area contributed by atoms with Crippen LogP contribution in [0.15, 0.2) is 12.1 Å². The Morgan fingerprint density at radius 1 is 1.77 bits per heavy atom. The lowest BCUT2D eigenvalue weighted by Crippen LogP contribution is -1.93. The van der Waals surface area contributed by atoms with Crippen LogP contribution in [0.5, 0.6) is 0 Å². The maximum absolute atomic E-state index is 10.5. The van der Waals surface area contributed by atoms with Crippen molar-refractivity contribution in [2.75, 3.05) is 11.4 Å². The normalized spacial score (nSPS) is 19.6. The first-order valence-corrected chi connectivity index (χ1v) is 4.53. The zero-order valence-corrected chi connectivity index (χ0v) is 7.41.